The molecule has 1 N–H and O–H groups in total. The molecular formula is C12H14BrNO3. The van der Waals surface area contributed by atoms with Gasteiger partial charge in [0, 0.05) is 31.2 Å². The van der Waals surface area contributed by atoms with Gasteiger partial charge in [0.2, 0.25) is 0 Å². The Bertz CT molecular complexity index is 430. The molecule has 1 fully saturated rings. The van der Waals surface area contributed by atoms with E-state index < -0.39 is 0 Å². The molecule has 0 saturated carbocycles. The van der Waals surface area contributed by atoms with E-state index in [0.717, 1.165) is 4.47 Å². The van der Waals surface area contributed by atoms with Crippen molar-refractivity contribution in [2.45, 2.75) is 0 Å². The largest absolute Gasteiger partial charge is 0.496 e. The summed E-state index contributed by atoms with van der Waals surface area (Å²) >= 11 is 3.35. The second-order valence-corrected chi connectivity index (χ2v) is 4.96. The van der Waals surface area contributed by atoms with E-state index >= 15 is 0 Å². The first-order valence-corrected chi connectivity index (χ1v) is 6.18. The molecule has 4 nitrogen and oxygen atoms in total. The summed E-state index contributed by atoms with van der Waals surface area (Å²) in [4.78, 5) is 13.8. The van der Waals surface area contributed by atoms with Crippen molar-refractivity contribution in [3.63, 3.8) is 0 Å². The van der Waals surface area contributed by atoms with Crippen molar-refractivity contribution in [3.8, 4) is 5.75 Å². The number of likely N-dealkylation sites (tertiary alicyclic amines) is 1. The van der Waals surface area contributed by atoms with E-state index in [4.69, 9.17) is 9.84 Å². The molecular weight excluding hydrogens is 286 g/mol. The van der Waals surface area contributed by atoms with Crippen LogP contribution in [0, 0.1) is 5.92 Å². The molecule has 1 aliphatic heterocycles. The summed E-state index contributed by atoms with van der Waals surface area (Å²) in [6.45, 7) is 1.42. The summed E-state index contributed by atoms with van der Waals surface area (Å²) in [5.74, 6) is 0.942. The van der Waals surface area contributed by atoms with E-state index in [9.17, 15) is 4.79 Å². The van der Waals surface area contributed by atoms with E-state index in [1.54, 1.807) is 30.2 Å². The van der Waals surface area contributed by atoms with Crippen LogP contribution in [0.4, 0.5) is 0 Å². The summed E-state index contributed by atoms with van der Waals surface area (Å²) < 4.78 is 5.88. The van der Waals surface area contributed by atoms with Gasteiger partial charge in [-0.25, -0.2) is 0 Å². The Balaban J connectivity index is 2.08. The fourth-order valence-electron chi connectivity index (χ4n) is 1.83. The Hall–Kier alpha value is -1.07. The molecule has 1 saturated heterocycles. The van der Waals surface area contributed by atoms with Gasteiger partial charge in [-0.3, -0.25) is 4.79 Å². The van der Waals surface area contributed by atoms with Crippen molar-refractivity contribution in [1.82, 2.24) is 4.90 Å². The number of nitrogens with zero attached hydrogens (tertiary/aromatic N) is 1. The number of aliphatic hydroxyl groups excluding tert-OH is 1. The minimum Gasteiger partial charge on any atom is -0.496 e. The van der Waals surface area contributed by atoms with Crippen LogP contribution in [0.1, 0.15) is 10.4 Å². The number of rotatable bonds is 3. The molecule has 92 valence electrons. The summed E-state index contributed by atoms with van der Waals surface area (Å²) in [6, 6.07) is 5.27. The molecule has 2 rings (SSSR count). The zero-order chi connectivity index (χ0) is 12.4. The van der Waals surface area contributed by atoms with E-state index in [1.165, 1.54) is 0 Å². The average Bonchev–Trinajstić information content (AvgIpc) is 2.27. The van der Waals surface area contributed by atoms with Gasteiger partial charge in [-0.2, -0.15) is 0 Å². The first-order valence-electron chi connectivity index (χ1n) is 5.39. The fraction of sp³-hybridized carbons (Fsp3) is 0.417. The first-order chi connectivity index (χ1) is 8.15. The number of hydrogen-bond donors (Lipinski definition) is 1. The third kappa shape index (κ3) is 2.45. The highest BCUT2D eigenvalue weighted by atomic mass is 79.9. The number of benzene rings is 1. The number of amides is 1. The van der Waals surface area contributed by atoms with Crippen molar-refractivity contribution in [2.75, 3.05) is 26.8 Å². The highest BCUT2D eigenvalue weighted by Gasteiger charge is 2.30. The Morgan fingerprint density at radius 2 is 2.29 bits per heavy atom. The van der Waals surface area contributed by atoms with Crippen LogP contribution in [-0.2, 0) is 0 Å². The lowest BCUT2D eigenvalue weighted by Crippen LogP contribution is -2.51. The number of hydrogen-bond acceptors (Lipinski definition) is 3. The van der Waals surface area contributed by atoms with Crippen LogP contribution in [0.2, 0.25) is 0 Å². The minimum absolute atomic E-state index is 0.00180. The van der Waals surface area contributed by atoms with Crippen LogP contribution in [0.5, 0.6) is 5.75 Å². The summed E-state index contributed by atoms with van der Waals surface area (Å²) in [7, 11) is 1.59. The summed E-state index contributed by atoms with van der Waals surface area (Å²) in [5, 5.41) is 8.91. The van der Waals surface area contributed by atoms with Gasteiger partial charge in [0.1, 0.15) is 5.75 Å². The van der Waals surface area contributed by atoms with Crippen LogP contribution in [0.15, 0.2) is 22.7 Å². The summed E-state index contributed by atoms with van der Waals surface area (Å²) in [5.41, 5.74) is 0.633. The van der Waals surface area contributed by atoms with Crippen molar-refractivity contribution in [1.29, 1.82) is 0 Å². The molecule has 0 aliphatic carbocycles. The third-order valence-corrected chi connectivity index (χ3v) is 3.52. The Kier molecular flexibility index (Phi) is 3.69. The number of aliphatic hydroxyl groups is 1. The molecule has 1 aromatic carbocycles. The molecule has 1 amide bonds. The Labute approximate surface area is 108 Å². The normalized spacial score (nSPS) is 15.6. The van der Waals surface area contributed by atoms with Crippen LogP contribution in [-0.4, -0.2) is 42.7 Å². The maximum Gasteiger partial charge on any atom is 0.253 e. The second-order valence-electron chi connectivity index (χ2n) is 4.11. The van der Waals surface area contributed by atoms with Crippen LogP contribution < -0.4 is 4.74 Å². The highest BCUT2D eigenvalue weighted by molar-refractivity contribution is 9.10. The predicted octanol–water partition coefficient (Wildman–Crippen LogP) is 1.52. The van der Waals surface area contributed by atoms with Gasteiger partial charge in [-0.15, -0.1) is 0 Å². The Morgan fingerprint density at radius 3 is 2.82 bits per heavy atom. The molecule has 1 aliphatic rings. The van der Waals surface area contributed by atoms with Crippen LogP contribution in [0.3, 0.4) is 0 Å². The summed E-state index contributed by atoms with van der Waals surface area (Å²) in [6.07, 6.45) is 0. The van der Waals surface area contributed by atoms with Crippen LogP contribution in [0.25, 0.3) is 0 Å². The number of carbonyl (C=O) groups is 1. The quantitative estimate of drug-likeness (QED) is 0.921. The van der Waals surface area contributed by atoms with Crippen molar-refractivity contribution in [2.24, 2.45) is 5.92 Å². The van der Waals surface area contributed by atoms with Gasteiger partial charge in [-0.05, 0) is 34.1 Å². The molecule has 5 heteroatoms. The molecule has 17 heavy (non-hydrogen) atoms. The molecule has 1 heterocycles. The van der Waals surface area contributed by atoms with E-state index in [-0.39, 0.29) is 18.4 Å². The number of halogens is 1. The van der Waals surface area contributed by atoms with Crippen LogP contribution >= 0.6 is 15.9 Å². The standard InChI is InChI=1S/C12H14BrNO3/c1-17-11-3-2-9(4-10(11)13)12(16)14-5-8(6-14)7-15/h2-4,8,15H,5-7H2,1H3. The molecule has 0 spiro atoms. The van der Waals surface area contributed by atoms with Crippen molar-refractivity contribution >= 4 is 21.8 Å². The van der Waals surface area contributed by atoms with Crippen molar-refractivity contribution < 1.29 is 14.6 Å². The molecule has 0 radical (unpaired) electrons. The van der Waals surface area contributed by atoms with E-state index in [1.807, 2.05) is 0 Å². The number of methoxy groups -OCH3 is 1. The lowest BCUT2D eigenvalue weighted by atomic mass is 10.00. The van der Waals surface area contributed by atoms with Gasteiger partial charge in [0.25, 0.3) is 5.91 Å². The molecule has 1 aromatic rings. The lowest BCUT2D eigenvalue weighted by molar-refractivity contribution is 0.0362. The van der Waals surface area contributed by atoms with Gasteiger partial charge in [0.15, 0.2) is 0 Å². The monoisotopic (exact) mass is 299 g/mol. The third-order valence-electron chi connectivity index (χ3n) is 2.90. The molecule has 0 atom stereocenters. The second kappa shape index (κ2) is 5.06. The number of ether oxygens (including phenoxy) is 1. The fourth-order valence-corrected chi connectivity index (χ4v) is 2.37. The smallest absolute Gasteiger partial charge is 0.253 e. The topological polar surface area (TPSA) is 49.8 Å². The Morgan fingerprint density at radius 1 is 1.59 bits per heavy atom. The van der Waals surface area contributed by atoms with Gasteiger partial charge in [-0.1, -0.05) is 0 Å². The average molecular weight is 300 g/mol. The minimum atomic E-state index is -0.00180. The van der Waals surface area contributed by atoms with Gasteiger partial charge in [0.05, 0.1) is 11.6 Å². The maximum atomic E-state index is 12.0. The van der Waals surface area contributed by atoms with Crippen molar-refractivity contribution in [3.05, 3.63) is 28.2 Å². The molecule has 0 aromatic heterocycles. The molecule has 0 unspecified atom stereocenters. The lowest BCUT2D eigenvalue weighted by Gasteiger charge is -2.38. The van der Waals surface area contributed by atoms with E-state index in [0.29, 0.717) is 24.4 Å². The zero-order valence-electron chi connectivity index (χ0n) is 9.52. The first kappa shape index (κ1) is 12.4. The van der Waals surface area contributed by atoms with E-state index in [2.05, 4.69) is 15.9 Å². The maximum absolute atomic E-state index is 12.0. The van der Waals surface area contributed by atoms with Gasteiger partial charge >= 0.3 is 0 Å². The highest BCUT2D eigenvalue weighted by Crippen LogP contribution is 2.27. The molecule has 0 bridgehead atoms. The predicted molar refractivity (Wildman–Crippen MR) is 67.2 cm³/mol. The zero-order valence-corrected chi connectivity index (χ0v) is 11.1. The SMILES string of the molecule is COc1ccc(C(=O)N2CC(CO)C2)cc1Br. The van der Waals surface area contributed by atoms with Gasteiger partial charge < -0.3 is 14.7 Å². The number of carbonyl (C=O) groups excluding carboxylic acids is 1.